The molecule has 1 aliphatic rings. The molecule has 0 bridgehead atoms. The van der Waals surface area contributed by atoms with Crippen LogP contribution in [0.5, 0.6) is 0 Å². The topological polar surface area (TPSA) is 51.8 Å². The van der Waals surface area contributed by atoms with E-state index in [0.29, 0.717) is 16.9 Å². The van der Waals surface area contributed by atoms with Gasteiger partial charge in [0.25, 0.3) is 0 Å². The molecule has 1 fully saturated rings. The zero-order valence-electron chi connectivity index (χ0n) is 6.22. The van der Waals surface area contributed by atoms with E-state index >= 15 is 0 Å². The largest absolute Gasteiger partial charge is 0.383 e. The van der Waals surface area contributed by atoms with Gasteiger partial charge in [-0.3, -0.25) is 0 Å². The molecule has 64 valence electrons. The Morgan fingerprint density at radius 2 is 1.92 bits per heavy atom. The maximum absolute atomic E-state index is 5.85. The van der Waals surface area contributed by atoms with Gasteiger partial charge in [-0.1, -0.05) is 11.6 Å². The van der Waals surface area contributed by atoms with Crippen LogP contribution in [0.4, 0.5) is 5.82 Å². The van der Waals surface area contributed by atoms with Crippen LogP contribution in [0, 0.1) is 0 Å². The van der Waals surface area contributed by atoms with Gasteiger partial charge in [-0.05, 0) is 30.4 Å². The highest BCUT2D eigenvalue weighted by Gasteiger charge is 2.29. The van der Waals surface area contributed by atoms with Crippen molar-refractivity contribution < 1.29 is 0 Å². The average molecular weight is 204 g/mol. The lowest BCUT2D eigenvalue weighted by atomic mass is 10.2. The molecule has 2 N–H and O–H groups in total. The molecule has 0 aliphatic heterocycles. The van der Waals surface area contributed by atoms with Crippen LogP contribution in [0.25, 0.3) is 0 Å². The molecule has 1 saturated carbocycles. The van der Waals surface area contributed by atoms with Crippen molar-refractivity contribution >= 4 is 29.0 Å². The first kappa shape index (κ1) is 8.08. The summed E-state index contributed by atoms with van der Waals surface area (Å²) in [5.41, 5.74) is 6.51. The molecule has 0 amide bonds. The minimum Gasteiger partial charge on any atom is -0.383 e. The van der Waals surface area contributed by atoms with E-state index in [4.69, 9.17) is 28.9 Å². The van der Waals surface area contributed by atoms with E-state index in [2.05, 4.69) is 9.97 Å². The Hall–Kier alpha value is -0.540. The van der Waals surface area contributed by atoms with Crippen molar-refractivity contribution in [3.05, 3.63) is 16.0 Å². The maximum atomic E-state index is 5.85. The monoisotopic (exact) mass is 203 g/mol. The van der Waals surface area contributed by atoms with Gasteiger partial charge in [0, 0.05) is 5.56 Å². The third kappa shape index (κ3) is 1.34. The van der Waals surface area contributed by atoms with Gasteiger partial charge < -0.3 is 5.73 Å². The standard InChI is InChI=1S/C7H7Cl2N3/c8-5-4(3-1-2-3)6(10)12-7(9)11-5/h3H,1-2H2,(H2,10,11,12). The number of anilines is 1. The fourth-order valence-electron chi connectivity index (χ4n) is 1.18. The van der Waals surface area contributed by atoms with Gasteiger partial charge in [-0.25, -0.2) is 9.97 Å². The van der Waals surface area contributed by atoms with Gasteiger partial charge in [0.05, 0.1) is 0 Å². The quantitative estimate of drug-likeness (QED) is 0.563. The number of hydrogen-bond donors (Lipinski definition) is 1. The lowest BCUT2D eigenvalue weighted by Gasteiger charge is -2.04. The summed E-state index contributed by atoms with van der Waals surface area (Å²) < 4.78 is 0. The number of halogens is 2. The molecule has 0 unspecified atom stereocenters. The molecular formula is C7H7Cl2N3. The molecule has 1 aromatic heterocycles. The van der Waals surface area contributed by atoms with Crippen molar-refractivity contribution in [3.63, 3.8) is 0 Å². The van der Waals surface area contributed by atoms with Gasteiger partial charge in [-0.2, -0.15) is 0 Å². The molecule has 0 atom stereocenters. The first-order valence-electron chi connectivity index (χ1n) is 3.67. The molecule has 1 heterocycles. The van der Waals surface area contributed by atoms with E-state index in [1.165, 1.54) is 0 Å². The Labute approximate surface area is 79.9 Å². The summed E-state index contributed by atoms with van der Waals surface area (Å²) in [5.74, 6) is 0.872. The van der Waals surface area contributed by atoms with Crippen LogP contribution in [0.15, 0.2) is 0 Å². The van der Waals surface area contributed by atoms with Crippen LogP contribution in [0.1, 0.15) is 24.3 Å². The van der Waals surface area contributed by atoms with Crippen LogP contribution in [-0.2, 0) is 0 Å². The Morgan fingerprint density at radius 1 is 1.25 bits per heavy atom. The van der Waals surface area contributed by atoms with Gasteiger partial charge in [0.1, 0.15) is 11.0 Å². The minimum atomic E-state index is 0.113. The Bertz CT molecular complexity index is 299. The molecule has 5 heteroatoms. The fraction of sp³-hybridized carbons (Fsp3) is 0.429. The fourth-order valence-corrected chi connectivity index (χ4v) is 1.73. The second kappa shape index (κ2) is 2.75. The smallest absolute Gasteiger partial charge is 0.225 e. The van der Waals surface area contributed by atoms with E-state index in [9.17, 15) is 0 Å². The maximum Gasteiger partial charge on any atom is 0.225 e. The van der Waals surface area contributed by atoms with E-state index in [-0.39, 0.29) is 5.28 Å². The van der Waals surface area contributed by atoms with Gasteiger partial charge >= 0.3 is 0 Å². The molecule has 0 saturated heterocycles. The van der Waals surface area contributed by atoms with E-state index in [0.717, 1.165) is 18.4 Å². The van der Waals surface area contributed by atoms with E-state index in [1.807, 2.05) is 0 Å². The van der Waals surface area contributed by atoms with Gasteiger partial charge in [0.15, 0.2) is 0 Å². The molecule has 12 heavy (non-hydrogen) atoms. The van der Waals surface area contributed by atoms with Crippen LogP contribution in [0.2, 0.25) is 10.4 Å². The summed E-state index contributed by atoms with van der Waals surface area (Å²) in [6, 6.07) is 0. The van der Waals surface area contributed by atoms with Crippen molar-refractivity contribution in [2.75, 3.05) is 5.73 Å². The van der Waals surface area contributed by atoms with Gasteiger partial charge in [0.2, 0.25) is 5.28 Å². The number of hydrogen-bond acceptors (Lipinski definition) is 3. The highest BCUT2D eigenvalue weighted by Crippen LogP contribution is 2.44. The highest BCUT2D eigenvalue weighted by molar-refractivity contribution is 6.32. The molecule has 0 aromatic carbocycles. The molecular weight excluding hydrogens is 197 g/mol. The molecule has 0 radical (unpaired) electrons. The Balaban J connectivity index is 2.51. The lowest BCUT2D eigenvalue weighted by molar-refractivity contribution is 1.05. The number of nitrogens with zero attached hydrogens (tertiary/aromatic N) is 2. The normalized spacial score (nSPS) is 16.5. The predicted molar refractivity (Wildman–Crippen MR) is 48.4 cm³/mol. The first-order valence-corrected chi connectivity index (χ1v) is 4.42. The third-order valence-corrected chi connectivity index (χ3v) is 2.34. The predicted octanol–water partition coefficient (Wildman–Crippen LogP) is 2.24. The minimum absolute atomic E-state index is 0.113. The summed E-state index contributed by atoms with van der Waals surface area (Å²) >= 11 is 11.4. The summed E-state index contributed by atoms with van der Waals surface area (Å²) in [7, 11) is 0. The van der Waals surface area contributed by atoms with E-state index < -0.39 is 0 Å². The highest BCUT2D eigenvalue weighted by atomic mass is 35.5. The number of nitrogens with two attached hydrogens (primary N) is 1. The molecule has 0 spiro atoms. The lowest BCUT2D eigenvalue weighted by Crippen LogP contribution is -2.00. The molecule has 1 aromatic rings. The molecule has 1 aliphatic carbocycles. The second-order valence-electron chi connectivity index (χ2n) is 2.86. The Kier molecular flexibility index (Phi) is 1.85. The second-order valence-corrected chi connectivity index (χ2v) is 3.55. The van der Waals surface area contributed by atoms with Crippen LogP contribution < -0.4 is 5.73 Å². The van der Waals surface area contributed by atoms with Gasteiger partial charge in [-0.15, -0.1) is 0 Å². The Morgan fingerprint density at radius 3 is 2.42 bits per heavy atom. The zero-order valence-corrected chi connectivity index (χ0v) is 7.73. The first-order chi connectivity index (χ1) is 5.68. The average Bonchev–Trinajstić information content (AvgIpc) is 2.68. The summed E-state index contributed by atoms with van der Waals surface area (Å²) in [5, 5.41) is 0.511. The summed E-state index contributed by atoms with van der Waals surface area (Å²) in [6.07, 6.45) is 2.24. The van der Waals surface area contributed by atoms with Crippen molar-refractivity contribution in [1.82, 2.24) is 9.97 Å². The molecule has 2 rings (SSSR count). The summed E-state index contributed by atoms with van der Waals surface area (Å²) in [6.45, 7) is 0. The van der Waals surface area contributed by atoms with Crippen LogP contribution >= 0.6 is 23.2 Å². The van der Waals surface area contributed by atoms with Crippen LogP contribution in [-0.4, -0.2) is 9.97 Å². The van der Waals surface area contributed by atoms with Crippen LogP contribution in [0.3, 0.4) is 0 Å². The van der Waals surface area contributed by atoms with Crippen molar-refractivity contribution in [1.29, 1.82) is 0 Å². The van der Waals surface area contributed by atoms with Crippen molar-refractivity contribution in [2.24, 2.45) is 0 Å². The number of aromatic nitrogens is 2. The molecule has 3 nitrogen and oxygen atoms in total. The summed E-state index contributed by atoms with van der Waals surface area (Å²) in [4.78, 5) is 7.68. The zero-order chi connectivity index (χ0) is 8.72. The van der Waals surface area contributed by atoms with Crippen molar-refractivity contribution in [3.8, 4) is 0 Å². The number of nitrogen functional groups attached to an aromatic ring is 1. The van der Waals surface area contributed by atoms with Crippen molar-refractivity contribution in [2.45, 2.75) is 18.8 Å². The SMILES string of the molecule is Nc1nc(Cl)nc(Cl)c1C1CC1. The number of rotatable bonds is 1. The van der Waals surface area contributed by atoms with E-state index in [1.54, 1.807) is 0 Å². The third-order valence-electron chi connectivity index (χ3n) is 1.89.